The first-order valence-electron chi connectivity index (χ1n) is 13.4. The Morgan fingerprint density at radius 2 is 1.37 bits per heavy atom. The lowest BCUT2D eigenvalue weighted by molar-refractivity contribution is 0.00694. The van der Waals surface area contributed by atoms with Crippen molar-refractivity contribution in [3.8, 4) is 11.5 Å². The molecule has 3 aromatic carbocycles. The van der Waals surface area contributed by atoms with Crippen molar-refractivity contribution in [1.82, 2.24) is 0 Å². The van der Waals surface area contributed by atoms with E-state index in [1.807, 2.05) is 57.2 Å². The molecule has 0 aromatic heterocycles. The zero-order valence-electron chi connectivity index (χ0n) is 23.6. The fraction of sp³-hybridized carbons (Fsp3) is 0.424. The maximum absolute atomic E-state index is 12.6. The van der Waals surface area contributed by atoms with Gasteiger partial charge in [0.2, 0.25) is 0 Å². The van der Waals surface area contributed by atoms with Gasteiger partial charge in [-0.25, -0.2) is 4.79 Å². The van der Waals surface area contributed by atoms with Gasteiger partial charge in [0.1, 0.15) is 17.1 Å². The van der Waals surface area contributed by atoms with E-state index in [2.05, 4.69) is 38.1 Å². The van der Waals surface area contributed by atoms with Crippen molar-refractivity contribution in [3.63, 3.8) is 0 Å². The molecule has 0 saturated heterocycles. The Hall–Kier alpha value is -3.31. The number of phenols is 1. The molecule has 5 heteroatoms. The lowest BCUT2D eigenvalue weighted by Gasteiger charge is -2.27. The molecule has 3 unspecified atom stereocenters. The Morgan fingerprint density at radius 3 is 1.92 bits per heavy atom. The van der Waals surface area contributed by atoms with Crippen LogP contribution in [0.5, 0.6) is 11.5 Å². The van der Waals surface area contributed by atoms with Gasteiger partial charge in [-0.3, -0.25) is 0 Å². The standard InChI is InChI=1S/C33H42O5/c1-7-24(26-12-16-30(34)17-13-26)21-29(20-23(2)25-14-18-31(19-15-25)37-22-36-6)27-8-10-28(11-9-27)32(35)38-33(3,4)5/h8-19,23-24,29,34H,7,20-22H2,1-6H3. The molecule has 38 heavy (non-hydrogen) atoms. The largest absolute Gasteiger partial charge is 0.508 e. The summed E-state index contributed by atoms with van der Waals surface area (Å²) >= 11 is 0. The molecule has 0 radical (unpaired) electrons. The van der Waals surface area contributed by atoms with Gasteiger partial charge >= 0.3 is 5.97 Å². The average molecular weight is 519 g/mol. The van der Waals surface area contributed by atoms with Crippen molar-refractivity contribution in [1.29, 1.82) is 0 Å². The third-order valence-electron chi connectivity index (χ3n) is 6.87. The molecule has 5 nitrogen and oxygen atoms in total. The molecular formula is C33H42O5. The maximum Gasteiger partial charge on any atom is 0.338 e. The lowest BCUT2D eigenvalue weighted by atomic mass is 9.78. The van der Waals surface area contributed by atoms with Crippen LogP contribution in [0.15, 0.2) is 72.8 Å². The molecule has 0 aliphatic heterocycles. The van der Waals surface area contributed by atoms with Crippen molar-refractivity contribution in [2.45, 2.75) is 77.2 Å². The fourth-order valence-corrected chi connectivity index (χ4v) is 4.81. The van der Waals surface area contributed by atoms with Crippen LogP contribution < -0.4 is 4.74 Å². The summed E-state index contributed by atoms with van der Waals surface area (Å²) in [7, 11) is 1.61. The number of benzene rings is 3. The molecule has 0 bridgehead atoms. The number of rotatable bonds is 12. The van der Waals surface area contributed by atoms with Gasteiger partial charge in [0.25, 0.3) is 0 Å². The molecule has 0 spiro atoms. The van der Waals surface area contributed by atoms with Crippen LogP contribution in [0.1, 0.15) is 98.7 Å². The van der Waals surface area contributed by atoms with E-state index in [-0.39, 0.29) is 24.4 Å². The minimum Gasteiger partial charge on any atom is -0.508 e. The summed E-state index contributed by atoms with van der Waals surface area (Å²) in [5.41, 5.74) is 3.72. The van der Waals surface area contributed by atoms with Gasteiger partial charge in [-0.05, 0) is 111 Å². The van der Waals surface area contributed by atoms with Gasteiger partial charge in [-0.15, -0.1) is 0 Å². The van der Waals surface area contributed by atoms with E-state index >= 15 is 0 Å². The highest BCUT2D eigenvalue weighted by molar-refractivity contribution is 5.89. The van der Waals surface area contributed by atoms with Crippen molar-refractivity contribution < 1.29 is 24.1 Å². The topological polar surface area (TPSA) is 65.0 Å². The molecule has 3 atom stereocenters. The number of aromatic hydroxyl groups is 1. The van der Waals surface area contributed by atoms with E-state index in [0.29, 0.717) is 17.4 Å². The SMILES string of the molecule is CCC(CC(CC(C)c1ccc(OCOC)cc1)c1ccc(C(=O)OC(C)(C)C)cc1)c1ccc(O)cc1. The van der Waals surface area contributed by atoms with E-state index in [0.717, 1.165) is 25.0 Å². The van der Waals surface area contributed by atoms with Crippen molar-refractivity contribution in [2.75, 3.05) is 13.9 Å². The van der Waals surface area contributed by atoms with Crippen LogP contribution in [0.2, 0.25) is 0 Å². The number of carbonyl (C=O) groups excluding carboxylic acids is 1. The van der Waals surface area contributed by atoms with Crippen LogP contribution >= 0.6 is 0 Å². The first-order valence-corrected chi connectivity index (χ1v) is 13.4. The molecule has 0 heterocycles. The average Bonchev–Trinajstić information content (AvgIpc) is 2.89. The van der Waals surface area contributed by atoms with E-state index in [9.17, 15) is 9.90 Å². The molecule has 3 rings (SSSR count). The number of carbonyl (C=O) groups is 1. The Balaban J connectivity index is 1.84. The predicted octanol–water partition coefficient (Wildman–Crippen LogP) is 8.19. The molecule has 0 saturated carbocycles. The second-order valence-corrected chi connectivity index (χ2v) is 11.0. The van der Waals surface area contributed by atoms with Crippen LogP contribution in [-0.2, 0) is 9.47 Å². The lowest BCUT2D eigenvalue weighted by Crippen LogP contribution is -2.23. The summed E-state index contributed by atoms with van der Waals surface area (Å²) in [5.74, 6) is 1.71. The van der Waals surface area contributed by atoms with E-state index in [1.165, 1.54) is 16.7 Å². The van der Waals surface area contributed by atoms with Gasteiger partial charge in [0.05, 0.1) is 5.56 Å². The van der Waals surface area contributed by atoms with E-state index < -0.39 is 5.60 Å². The molecular weight excluding hydrogens is 476 g/mol. The minimum absolute atomic E-state index is 0.228. The third-order valence-corrected chi connectivity index (χ3v) is 6.87. The quantitative estimate of drug-likeness (QED) is 0.193. The third kappa shape index (κ3) is 8.63. The minimum atomic E-state index is -0.531. The number of ether oxygens (including phenoxy) is 3. The molecule has 0 fully saturated rings. The predicted molar refractivity (Wildman–Crippen MR) is 152 cm³/mol. The molecule has 3 aromatic rings. The van der Waals surface area contributed by atoms with Crippen molar-refractivity contribution in [2.24, 2.45) is 0 Å². The van der Waals surface area contributed by atoms with Crippen molar-refractivity contribution in [3.05, 3.63) is 95.1 Å². The van der Waals surface area contributed by atoms with Crippen LogP contribution in [0.4, 0.5) is 0 Å². The van der Waals surface area contributed by atoms with Crippen molar-refractivity contribution >= 4 is 5.97 Å². The second-order valence-electron chi connectivity index (χ2n) is 11.0. The summed E-state index contributed by atoms with van der Waals surface area (Å²) in [4.78, 5) is 12.6. The smallest absolute Gasteiger partial charge is 0.338 e. The second kappa shape index (κ2) is 13.5. The summed E-state index contributed by atoms with van der Waals surface area (Å²) in [6.45, 7) is 10.3. The highest BCUT2D eigenvalue weighted by atomic mass is 16.7. The zero-order chi connectivity index (χ0) is 27.7. The van der Waals surface area contributed by atoms with Gasteiger partial charge in [-0.2, -0.15) is 0 Å². The number of hydrogen-bond acceptors (Lipinski definition) is 5. The van der Waals surface area contributed by atoms with Gasteiger partial charge < -0.3 is 19.3 Å². The maximum atomic E-state index is 12.6. The molecule has 0 aliphatic carbocycles. The number of methoxy groups -OCH3 is 1. The normalized spacial score (nSPS) is 13.9. The first kappa shape index (κ1) is 29.2. The molecule has 0 amide bonds. The van der Waals surface area contributed by atoms with E-state index in [4.69, 9.17) is 14.2 Å². The fourth-order valence-electron chi connectivity index (χ4n) is 4.81. The van der Waals surface area contributed by atoms with Crippen LogP contribution in [0.3, 0.4) is 0 Å². The first-order chi connectivity index (χ1) is 18.1. The summed E-state index contributed by atoms with van der Waals surface area (Å²) < 4.78 is 16.1. The van der Waals surface area contributed by atoms with Gasteiger partial charge in [0, 0.05) is 7.11 Å². The van der Waals surface area contributed by atoms with Crippen LogP contribution in [0.25, 0.3) is 0 Å². The summed E-state index contributed by atoms with van der Waals surface area (Å²) in [5, 5.41) is 9.77. The molecule has 1 N–H and O–H groups in total. The highest BCUT2D eigenvalue weighted by Crippen LogP contribution is 2.39. The number of phenolic OH excluding ortho intramolecular Hbond substituents is 1. The Labute approximate surface area is 227 Å². The Bertz CT molecular complexity index is 1130. The highest BCUT2D eigenvalue weighted by Gasteiger charge is 2.23. The molecule has 204 valence electrons. The number of esters is 1. The van der Waals surface area contributed by atoms with Crippen LogP contribution in [-0.4, -0.2) is 30.6 Å². The van der Waals surface area contributed by atoms with Crippen LogP contribution in [0, 0.1) is 0 Å². The Morgan fingerprint density at radius 1 is 0.816 bits per heavy atom. The monoisotopic (exact) mass is 518 g/mol. The zero-order valence-corrected chi connectivity index (χ0v) is 23.6. The summed E-state index contributed by atoms with van der Waals surface area (Å²) in [6.07, 6.45) is 2.92. The van der Waals surface area contributed by atoms with E-state index in [1.54, 1.807) is 19.2 Å². The summed E-state index contributed by atoms with van der Waals surface area (Å²) in [6, 6.07) is 23.7. The number of hydrogen-bond donors (Lipinski definition) is 1. The molecule has 0 aliphatic rings. The van der Waals surface area contributed by atoms with Gasteiger partial charge in [-0.1, -0.05) is 50.2 Å². The van der Waals surface area contributed by atoms with Gasteiger partial charge in [0.15, 0.2) is 6.79 Å². The Kier molecular flexibility index (Phi) is 10.4.